The van der Waals surface area contributed by atoms with Crippen LogP contribution in [0.15, 0.2) is 0 Å². The molecular formula is C13H16. The largest absolute Gasteiger partial charge is 0.0467 e. The maximum absolute atomic E-state index is 1.71. The molecule has 13 heavy (non-hydrogen) atoms. The summed E-state index contributed by atoms with van der Waals surface area (Å²) in [7, 11) is 0. The molecule has 2 spiro atoms. The summed E-state index contributed by atoms with van der Waals surface area (Å²) in [5.41, 5.74) is 2.07. The quantitative estimate of drug-likeness (QED) is 0.527. The van der Waals surface area contributed by atoms with Gasteiger partial charge in [-0.3, -0.25) is 0 Å². The van der Waals surface area contributed by atoms with Crippen LogP contribution in [0.2, 0.25) is 0 Å². The van der Waals surface area contributed by atoms with E-state index in [0.717, 1.165) is 10.8 Å². The van der Waals surface area contributed by atoms with Gasteiger partial charge in [0.25, 0.3) is 0 Å². The third kappa shape index (κ3) is 0.260. The Bertz CT molecular complexity index is 355. The van der Waals surface area contributed by atoms with Crippen LogP contribution in [0.4, 0.5) is 0 Å². The highest BCUT2D eigenvalue weighted by Gasteiger charge is 2.95. The molecule has 0 N–H and O–H groups in total. The van der Waals surface area contributed by atoms with Crippen LogP contribution < -0.4 is 0 Å². The highest BCUT2D eigenvalue weighted by atomic mass is 15.0. The molecule has 6 rings (SSSR count). The summed E-state index contributed by atoms with van der Waals surface area (Å²) in [5, 5.41) is 0. The van der Waals surface area contributed by atoms with Crippen molar-refractivity contribution in [1.29, 1.82) is 0 Å². The predicted molar refractivity (Wildman–Crippen MR) is 48.9 cm³/mol. The van der Waals surface area contributed by atoms with Gasteiger partial charge in [-0.2, -0.15) is 0 Å². The average molecular weight is 172 g/mol. The number of hydrogen-bond donors (Lipinski definition) is 0. The lowest BCUT2D eigenvalue weighted by Gasteiger charge is -2.91. The van der Waals surface area contributed by atoms with Crippen molar-refractivity contribution in [2.24, 2.45) is 46.3 Å². The van der Waals surface area contributed by atoms with Crippen LogP contribution in [0, 0.1) is 46.3 Å². The molecule has 0 aromatic rings. The normalized spacial score (nSPS) is 88.6. The Kier molecular flexibility index (Phi) is 0.527. The molecular weight excluding hydrogens is 156 g/mol. The van der Waals surface area contributed by atoms with E-state index < -0.39 is 0 Å². The van der Waals surface area contributed by atoms with Gasteiger partial charge < -0.3 is 0 Å². The molecule has 6 aliphatic rings. The van der Waals surface area contributed by atoms with Crippen LogP contribution in [0.5, 0.6) is 0 Å². The second-order valence-corrected chi connectivity index (χ2v) is 7.09. The zero-order valence-electron chi connectivity index (χ0n) is 8.00. The van der Waals surface area contributed by atoms with Gasteiger partial charge in [0.15, 0.2) is 0 Å². The van der Waals surface area contributed by atoms with E-state index in [1.807, 2.05) is 0 Å². The van der Waals surface area contributed by atoms with E-state index in [9.17, 15) is 0 Å². The number of fused-ring (bicyclic) bond motifs is 3. The lowest BCUT2D eigenvalue weighted by molar-refractivity contribution is -0.434. The van der Waals surface area contributed by atoms with Crippen molar-refractivity contribution < 1.29 is 0 Å². The van der Waals surface area contributed by atoms with Crippen molar-refractivity contribution in [3.05, 3.63) is 0 Å². The molecule has 68 valence electrons. The Labute approximate surface area is 79.1 Å². The van der Waals surface area contributed by atoms with Gasteiger partial charge in [-0.25, -0.2) is 0 Å². The number of rotatable bonds is 0. The van der Waals surface area contributed by atoms with Gasteiger partial charge in [0.2, 0.25) is 0 Å². The van der Waals surface area contributed by atoms with Crippen molar-refractivity contribution in [3.8, 4) is 0 Å². The summed E-state index contributed by atoms with van der Waals surface area (Å²) in [5.74, 6) is 7.55. The van der Waals surface area contributed by atoms with Crippen molar-refractivity contribution in [2.75, 3.05) is 0 Å². The molecule has 0 amide bonds. The summed E-state index contributed by atoms with van der Waals surface area (Å²) in [4.78, 5) is 0. The summed E-state index contributed by atoms with van der Waals surface area (Å²) in [6, 6.07) is 0. The zero-order valence-corrected chi connectivity index (χ0v) is 8.00. The summed E-state index contributed by atoms with van der Waals surface area (Å²) in [6.45, 7) is 0. The minimum absolute atomic E-state index is 1.02. The number of hydrogen-bond acceptors (Lipinski definition) is 0. The molecule has 8 atom stereocenters. The standard InChI is InChI=1S/C13H16/c1-6-5-12-7(1)2-10(12)11-4-8-3-9(6)13(8,11)12/h6-11H,1-5H2/t6?,7-,8+,9?,10?,11?,12?,13?/m0/s1. The van der Waals surface area contributed by atoms with Crippen molar-refractivity contribution >= 4 is 0 Å². The average Bonchev–Trinajstić information content (AvgIpc) is 2.57. The molecule has 0 aliphatic heterocycles. The molecule has 0 radical (unpaired) electrons. The van der Waals surface area contributed by atoms with Crippen molar-refractivity contribution in [2.45, 2.75) is 32.1 Å². The lowest BCUT2D eigenvalue weighted by Crippen LogP contribution is -2.86. The van der Waals surface area contributed by atoms with Crippen molar-refractivity contribution in [1.82, 2.24) is 0 Å². The van der Waals surface area contributed by atoms with E-state index in [4.69, 9.17) is 0 Å². The van der Waals surface area contributed by atoms with Gasteiger partial charge in [0.1, 0.15) is 0 Å². The first kappa shape index (κ1) is 5.78. The molecule has 6 aliphatic carbocycles. The molecule has 6 saturated carbocycles. The molecule has 0 aromatic carbocycles. The molecule has 6 unspecified atom stereocenters. The van der Waals surface area contributed by atoms with Gasteiger partial charge in [-0.1, -0.05) is 0 Å². The van der Waals surface area contributed by atoms with E-state index in [-0.39, 0.29) is 0 Å². The van der Waals surface area contributed by atoms with E-state index in [0.29, 0.717) is 0 Å². The van der Waals surface area contributed by atoms with Crippen LogP contribution in [0.3, 0.4) is 0 Å². The zero-order chi connectivity index (χ0) is 8.00. The van der Waals surface area contributed by atoms with Crippen LogP contribution in [-0.2, 0) is 0 Å². The fraction of sp³-hybridized carbons (Fsp3) is 1.00. The Hall–Kier alpha value is 0. The van der Waals surface area contributed by atoms with Crippen molar-refractivity contribution in [3.63, 3.8) is 0 Å². The van der Waals surface area contributed by atoms with E-state index in [1.165, 1.54) is 35.5 Å². The molecule has 0 saturated heterocycles. The first-order chi connectivity index (χ1) is 6.39. The smallest absolute Gasteiger partial charge is 0.0145 e. The molecule has 6 fully saturated rings. The van der Waals surface area contributed by atoms with Gasteiger partial charge in [0.05, 0.1) is 0 Å². The topological polar surface area (TPSA) is 0 Å². The Morgan fingerprint density at radius 1 is 0.769 bits per heavy atom. The monoisotopic (exact) mass is 172 g/mol. The highest BCUT2D eigenvalue weighted by molar-refractivity contribution is 5.42. The SMILES string of the molecule is C1C2CC34C(C[C@H]13)C1C[C@H]3CC2C134. The first-order valence-electron chi connectivity index (χ1n) is 6.39. The summed E-state index contributed by atoms with van der Waals surface area (Å²) < 4.78 is 0. The molecule has 0 heterocycles. The fourth-order valence-electron chi connectivity index (χ4n) is 8.16. The first-order valence-corrected chi connectivity index (χ1v) is 6.39. The van der Waals surface area contributed by atoms with Gasteiger partial charge >= 0.3 is 0 Å². The molecule has 0 aromatic heterocycles. The Morgan fingerprint density at radius 2 is 1.62 bits per heavy atom. The molecule has 0 heteroatoms. The van der Waals surface area contributed by atoms with Crippen LogP contribution in [-0.4, -0.2) is 0 Å². The van der Waals surface area contributed by atoms with Gasteiger partial charge in [-0.15, -0.1) is 0 Å². The third-order valence-electron chi connectivity index (χ3n) is 7.96. The Balaban J connectivity index is 1.71. The fourth-order valence-corrected chi connectivity index (χ4v) is 8.16. The highest BCUT2D eigenvalue weighted by Crippen LogP contribution is 3.00. The summed E-state index contributed by atoms with van der Waals surface area (Å²) >= 11 is 0. The van der Waals surface area contributed by atoms with Crippen LogP contribution in [0.1, 0.15) is 32.1 Å². The van der Waals surface area contributed by atoms with Gasteiger partial charge in [-0.05, 0) is 78.4 Å². The second-order valence-electron chi connectivity index (χ2n) is 7.09. The maximum Gasteiger partial charge on any atom is -0.0145 e. The minimum Gasteiger partial charge on any atom is -0.0467 e. The predicted octanol–water partition coefficient (Wildman–Crippen LogP) is 2.69. The second kappa shape index (κ2) is 1.19. The third-order valence-corrected chi connectivity index (χ3v) is 7.96. The van der Waals surface area contributed by atoms with E-state index >= 15 is 0 Å². The van der Waals surface area contributed by atoms with Crippen LogP contribution in [0.25, 0.3) is 0 Å². The van der Waals surface area contributed by atoms with E-state index in [1.54, 1.807) is 32.1 Å². The van der Waals surface area contributed by atoms with Crippen LogP contribution >= 0.6 is 0 Å². The lowest BCUT2D eigenvalue weighted by atomic mass is 9.13. The molecule has 2 bridgehead atoms. The molecule has 0 nitrogen and oxygen atoms in total. The van der Waals surface area contributed by atoms with E-state index in [2.05, 4.69) is 0 Å². The maximum atomic E-state index is 1.71. The Morgan fingerprint density at radius 3 is 2.46 bits per heavy atom. The van der Waals surface area contributed by atoms with Gasteiger partial charge in [0, 0.05) is 0 Å². The minimum atomic E-state index is 1.02. The summed E-state index contributed by atoms with van der Waals surface area (Å²) in [6.07, 6.45) is 8.38.